The molecule has 4 heterocycles. The number of pyridine rings is 1. The molecule has 4 rings (SSSR count). The summed E-state index contributed by atoms with van der Waals surface area (Å²) in [7, 11) is 0. The number of H-pyrrole nitrogens is 2. The third kappa shape index (κ3) is 1.89. The fourth-order valence-electron chi connectivity index (χ4n) is 2.33. The topological polar surface area (TPSA) is 61.5 Å². The Morgan fingerprint density at radius 2 is 2.05 bits per heavy atom. The van der Waals surface area contributed by atoms with Gasteiger partial charge in [-0.1, -0.05) is 6.07 Å². The van der Waals surface area contributed by atoms with Gasteiger partial charge in [0.1, 0.15) is 9.53 Å². The molecule has 2 N–H and O–H groups in total. The van der Waals surface area contributed by atoms with Gasteiger partial charge in [-0.15, -0.1) is 22.7 Å². The fraction of sp³-hybridized carbons (Fsp3) is 0.0769. The first-order chi connectivity index (χ1) is 10.4. The number of rotatable bonds is 1. The van der Waals surface area contributed by atoms with E-state index in [1.54, 1.807) is 17.5 Å². The number of nitrogens with one attached hydrogen (secondary N) is 2. The SMILES string of the molecule is O=c1[nH][nH]c2c1sc1nc(-c3cccs3)cc(C(F)(F)F)c12. The number of alkyl halides is 3. The molecule has 0 amide bonds. The second-order valence-corrected chi connectivity index (χ2v) is 6.54. The van der Waals surface area contributed by atoms with Gasteiger partial charge >= 0.3 is 6.18 Å². The summed E-state index contributed by atoms with van der Waals surface area (Å²) in [4.78, 5) is 16.8. The van der Waals surface area contributed by atoms with Crippen molar-refractivity contribution in [2.75, 3.05) is 0 Å². The first kappa shape index (κ1) is 13.5. The van der Waals surface area contributed by atoms with Gasteiger partial charge in [0.05, 0.1) is 21.7 Å². The lowest BCUT2D eigenvalue weighted by Gasteiger charge is -2.09. The molecule has 4 nitrogen and oxygen atoms in total. The highest BCUT2D eigenvalue weighted by atomic mass is 32.1. The number of fused-ring (bicyclic) bond motifs is 3. The molecule has 0 aliphatic rings. The molecule has 0 saturated heterocycles. The van der Waals surface area contributed by atoms with Crippen LogP contribution in [0.2, 0.25) is 0 Å². The monoisotopic (exact) mass is 341 g/mol. The van der Waals surface area contributed by atoms with E-state index in [1.165, 1.54) is 11.3 Å². The Hall–Kier alpha value is -2.13. The maximum atomic E-state index is 13.4. The number of hydrogen-bond donors (Lipinski definition) is 2. The van der Waals surface area contributed by atoms with Gasteiger partial charge in [0.2, 0.25) is 0 Å². The molecule has 112 valence electrons. The van der Waals surface area contributed by atoms with E-state index in [0.717, 1.165) is 17.4 Å². The first-order valence-corrected chi connectivity index (χ1v) is 7.80. The largest absolute Gasteiger partial charge is 0.417 e. The molecule has 0 atom stereocenters. The summed E-state index contributed by atoms with van der Waals surface area (Å²) < 4.78 is 40.5. The molecule has 0 saturated carbocycles. The Morgan fingerprint density at radius 3 is 2.73 bits per heavy atom. The van der Waals surface area contributed by atoms with E-state index in [-0.39, 0.29) is 26.1 Å². The summed E-state index contributed by atoms with van der Waals surface area (Å²) in [5, 5.41) is 6.53. The standard InChI is InChI=1S/C13H6F3N3OS2/c14-13(15,16)5-4-6(7-2-1-3-21-7)17-12-8(5)9-10(22-12)11(20)19-18-9/h1-4H,(H2,18,19,20). The lowest BCUT2D eigenvalue weighted by Crippen LogP contribution is -2.06. The molecule has 0 bridgehead atoms. The summed E-state index contributed by atoms with van der Waals surface area (Å²) in [6.45, 7) is 0. The van der Waals surface area contributed by atoms with Crippen molar-refractivity contribution in [3.63, 3.8) is 0 Å². The fourth-order valence-corrected chi connectivity index (χ4v) is 4.06. The van der Waals surface area contributed by atoms with Gasteiger partial charge in [-0.05, 0) is 17.5 Å². The highest BCUT2D eigenvalue weighted by Crippen LogP contribution is 2.42. The molecular weight excluding hydrogens is 335 g/mol. The molecule has 0 aliphatic carbocycles. The maximum absolute atomic E-state index is 13.4. The average molecular weight is 341 g/mol. The minimum atomic E-state index is -4.53. The van der Waals surface area contributed by atoms with Crippen molar-refractivity contribution in [2.45, 2.75) is 6.18 Å². The highest BCUT2D eigenvalue weighted by Gasteiger charge is 2.35. The lowest BCUT2D eigenvalue weighted by atomic mass is 10.1. The normalized spacial score (nSPS) is 12.5. The zero-order valence-corrected chi connectivity index (χ0v) is 12.2. The van der Waals surface area contributed by atoms with Crippen LogP contribution in [0.3, 0.4) is 0 Å². The predicted octanol–water partition coefficient (Wildman–Crippen LogP) is 4.21. The van der Waals surface area contributed by atoms with Crippen molar-refractivity contribution in [1.29, 1.82) is 0 Å². The minimum absolute atomic E-state index is 0.0637. The molecule has 0 fully saturated rings. The van der Waals surface area contributed by atoms with Crippen molar-refractivity contribution >= 4 is 43.1 Å². The zero-order chi connectivity index (χ0) is 15.5. The Balaban J connectivity index is 2.16. The summed E-state index contributed by atoms with van der Waals surface area (Å²) in [6, 6.07) is 4.50. The second kappa shape index (κ2) is 4.43. The quantitative estimate of drug-likeness (QED) is 0.545. The van der Waals surface area contributed by atoms with Crippen LogP contribution in [0.4, 0.5) is 13.2 Å². The zero-order valence-electron chi connectivity index (χ0n) is 10.6. The molecule has 0 radical (unpaired) electrons. The van der Waals surface area contributed by atoms with Gasteiger partial charge in [-0.25, -0.2) is 4.98 Å². The van der Waals surface area contributed by atoms with Crippen LogP contribution >= 0.6 is 22.7 Å². The number of halogens is 3. The number of hydrogen-bond acceptors (Lipinski definition) is 4. The van der Waals surface area contributed by atoms with Crippen molar-refractivity contribution < 1.29 is 13.2 Å². The summed E-state index contributed by atoms with van der Waals surface area (Å²) in [6.07, 6.45) is -4.53. The van der Waals surface area contributed by atoms with Crippen LogP contribution in [0.25, 0.3) is 31.0 Å². The highest BCUT2D eigenvalue weighted by molar-refractivity contribution is 7.25. The van der Waals surface area contributed by atoms with Crippen LogP contribution in [0.15, 0.2) is 28.4 Å². The molecular formula is C13H6F3N3OS2. The van der Waals surface area contributed by atoms with Gasteiger partial charge in [0, 0.05) is 5.39 Å². The summed E-state index contributed by atoms with van der Waals surface area (Å²) in [5.74, 6) is 0. The number of nitrogens with zero attached hydrogens (tertiary/aromatic N) is 1. The Bertz CT molecular complexity index is 1040. The molecule has 0 unspecified atom stereocenters. The summed E-state index contributed by atoms with van der Waals surface area (Å²) >= 11 is 2.27. The van der Waals surface area contributed by atoms with Gasteiger partial charge in [-0.2, -0.15) is 13.2 Å². The van der Waals surface area contributed by atoms with E-state index in [0.29, 0.717) is 4.88 Å². The van der Waals surface area contributed by atoms with Gasteiger partial charge < -0.3 is 0 Å². The maximum Gasteiger partial charge on any atom is 0.417 e. The first-order valence-electron chi connectivity index (χ1n) is 6.10. The number of aromatic nitrogens is 3. The molecule has 22 heavy (non-hydrogen) atoms. The van der Waals surface area contributed by atoms with Crippen LogP contribution in [-0.2, 0) is 6.18 Å². The third-order valence-electron chi connectivity index (χ3n) is 3.25. The van der Waals surface area contributed by atoms with Crippen molar-refractivity contribution in [2.24, 2.45) is 0 Å². The van der Waals surface area contributed by atoms with E-state index >= 15 is 0 Å². The van der Waals surface area contributed by atoms with Crippen LogP contribution in [0.5, 0.6) is 0 Å². The third-order valence-corrected chi connectivity index (χ3v) is 5.22. The van der Waals surface area contributed by atoms with Crippen LogP contribution in [-0.4, -0.2) is 15.2 Å². The number of aromatic amines is 2. The van der Waals surface area contributed by atoms with Gasteiger partial charge in [0.25, 0.3) is 5.56 Å². The predicted molar refractivity (Wildman–Crippen MR) is 80.4 cm³/mol. The Kier molecular flexibility index (Phi) is 2.73. The van der Waals surface area contributed by atoms with Crippen LogP contribution in [0, 0.1) is 0 Å². The van der Waals surface area contributed by atoms with E-state index in [9.17, 15) is 18.0 Å². The molecule has 0 spiro atoms. The Labute approximate surface area is 128 Å². The van der Waals surface area contributed by atoms with E-state index in [2.05, 4.69) is 15.2 Å². The molecule has 0 aliphatic heterocycles. The van der Waals surface area contributed by atoms with E-state index in [4.69, 9.17) is 0 Å². The molecule has 4 aromatic rings. The summed E-state index contributed by atoms with van der Waals surface area (Å²) in [5.41, 5.74) is -0.816. The lowest BCUT2D eigenvalue weighted by molar-refractivity contribution is -0.136. The van der Waals surface area contributed by atoms with Crippen molar-refractivity contribution in [3.8, 4) is 10.6 Å². The van der Waals surface area contributed by atoms with Crippen LogP contribution < -0.4 is 5.56 Å². The molecule has 0 aromatic carbocycles. The van der Waals surface area contributed by atoms with Gasteiger partial charge in [0.15, 0.2) is 0 Å². The molecule has 9 heteroatoms. The van der Waals surface area contributed by atoms with Gasteiger partial charge in [-0.3, -0.25) is 15.0 Å². The van der Waals surface area contributed by atoms with Crippen molar-refractivity contribution in [1.82, 2.24) is 15.2 Å². The average Bonchev–Trinajstić information content (AvgIpc) is 3.15. The second-order valence-electron chi connectivity index (χ2n) is 4.60. The smallest absolute Gasteiger partial charge is 0.296 e. The minimum Gasteiger partial charge on any atom is -0.296 e. The van der Waals surface area contributed by atoms with E-state index < -0.39 is 17.3 Å². The van der Waals surface area contributed by atoms with Crippen LogP contribution in [0.1, 0.15) is 5.56 Å². The number of thiophene rings is 2. The van der Waals surface area contributed by atoms with E-state index in [1.807, 2.05) is 0 Å². The Morgan fingerprint density at radius 1 is 1.23 bits per heavy atom. The van der Waals surface area contributed by atoms with Crippen molar-refractivity contribution in [3.05, 3.63) is 39.5 Å². The molecule has 4 aromatic heterocycles.